The van der Waals surface area contributed by atoms with Crippen molar-refractivity contribution < 1.29 is 22.7 Å². The van der Waals surface area contributed by atoms with Crippen LogP contribution in [-0.2, 0) is 16.4 Å². The normalized spacial score (nSPS) is 12.0. The highest BCUT2D eigenvalue weighted by Gasteiger charge is 2.35. The molecule has 1 heterocycles. The second-order valence-corrected chi connectivity index (χ2v) is 8.23. The zero-order chi connectivity index (χ0) is 21.1. The lowest BCUT2D eigenvalue weighted by Gasteiger charge is -2.19. The molecule has 152 valence electrons. The van der Waals surface area contributed by atoms with E-state index in [9.17, 15) is 18.0 Å². The first kappa shape index (κ1) is 22.3. The number of anilines is 1. The Morgan fingerprint density at radius 1 is 1.18 bits per heavy atom. The number of benzene rings is 1. The van der Waals surface area contributed by atoms with Gasteiger partial charge in [0.05, 0.1) is 24.2 Å². The predicted molar refractivity (Wildman–Crippen MR) is 103 cm³/mol. The highest BCUT2D eigenvalue weighted by Crippen LogP contribution is 2.33. The van der Waals surface area contributed by atoms with Gasteiger partial charge in [-0.05, 0) is 24.3 Å². The highest BCUT2D eigenvalue weighted by atomic mass is 35.5. The van der Waals surface area contributed by atoms with Gasteiger partial charge in [-0.15, -0.1) is 0 Å². The number of amides is 1. The molecule has 1 N–H and O–H groups in total. The van der Waals surface area contributed by atoms with E-state index in [1.165, 1.54) is 13.2 Å². The van der Waals surface area contributed by atoms with Crippen LogP contribution in [0.25, 0.3) is 0 Å². The van der Waals surface area contributed by atoms with Crippen LogP contribution in [0.4, 0.5) is 18.9 Å². The second kappa shape index (κ2) is 8.57. The van der Waals surface area contributed by atoms with Crippen molar-refractivity contribution in [2.24, 2.45) is 0 Å². The number of halogens is 4. The number of hydrogen-bond acceptors (Lipinski definition) is 5. The minimum atomic E-state index is -4.60. The summed E-state index contributed by atoms with van der Waals surface area (Å²) >= 11 is 6.73. The van der Waals surface area contributed by atoms with Crippen LogP contribution in [0.3, 0.4) is 0 Å². The van der Waals surface area contributed by atoms with Gasteiger partial charge in [0.15, 0.2) is 5.16 Å². The summed E-state index contributed by atoms with van der Waals surface area (Å²) in [4.78, 5) is 19.9. The van der Waals surface area contributed by atoms with E-state index in [1.54, 1.807) is 32.9 Å². The van der Waals surface area contributed by atoms with Gasteiger partial charge in [0.25, 0.3) is 0 Å². The Bertz CT molecular complexity index is 838. The van der Waals surface area contributed by atoms with Crippen molar-refractivity contribution in [3.8, 4) is 5.75 Å². The van der Waals surface area contributed by atoms with Gasteiger partial charge in [0, 0.05) is 10.4 Å². The number of rotatable bonds is 5. The quantitative estimate of drug-likeness (QED) is 0.519. The summed E-state index contributed by atoms with van der Waals surface area (Å²) in [6.07, 6.45) is -4.60. The molecule has 0 saturated carbocycles. The lowest BCUT2D eigenvalue weighted by atomic mass is 9.91. The largest absolute Gasteiger partial charge is 0.495 e. The molecule has 0 atom stereocenters. The average Bonchev–Trinajstić information content (AvgIpc) is 2.58. The van der Waals surface area contributed by atoms with E-state index < -0.39 is 23.2 Å². The summed E-state index contributed by atoms with van der Waals surface area (Å²) in [6.45, 7) is 5.26. The van der Waals surface area contributed by atoms with E-state index >= 15 is 0 Å². The van der Waals surface area contributed by atoms with Gasteiger partial charge in [-0.25, -0.2) is 9.97 Å². The first-order valence-corrected chi connectivity index (χ1v) is 9.49. The molecule has 0 unspecified atom stereocenters. The number of carbonyl (C=O) groups is 1. The Kier molecular flexibility index (Phi) is 6.82. The summed E-state index contributed by atoms with van der Waals surface area (Å²) in [5, 5.41) is 2.90. The number of aromatic nitrogens is 2. The molecule has 0 fully saturated rings. The number of carbonyl (C=O) groups excluding carboxylic acids is 1. The molecule has 2 aromatic rings. The molecular weight excluding hydrogens is 415 g/mol. The Labute approximate surface area is 170 Å². The Morgan fingerprint density at radius 3 is 2.39 bits per heavy atom. The van der Waals surface area contributed by atoms with Gasteiger partial charge in [0.2, 0.25) is 5.91 Å². The zero-order valence-electron chi connectivity index (χ0n) is 15.6. The number of ether oxygens (including phenoxy) is 1. The Hall–Kier alpha value is -2.00. The van der Waals surface area contributed by atoms with Crippen molar-refractivity contribution in [3.63, 3.8) is 0 Å². The van der Waals surface area contributed by atoms with Crippen molar-refractivity contribution in [1.82, 2.24) is 9.97 Å². The second-order valence-electron chi connectivity index (χ2n) is 6.85. The summed E-state index contributed by atoms with van der Waals surface area (Å²) in [5.41, 5.74) is -1.03. The molecule has 28 heavy (non-hydrogen) atoms. The smallest absolute Gasteiger partial charge is 0.433 e. The van der Waals surface area contributed by atoms with E-state index in [1.807, 2.05) is 0 Å². The minimum Gasteiger partial charge on any atom is -0.495 e. The molecule has 1 aromatic heterocycles. The molecule has 0 aliphatic heterocycles. The maximum absolute atomic E-state index is 13.1. The molecule has 0 spiro atoms. The van der Waals surface area contributed by atoms with E-state index in [-0.39, 0.29) is 16.6 Å². The van der Waals surface area contributed by atoms with Crippen LogP contribution >= 0.6 is 23.4 Å². The summed E-state index contributed by atoms with van der Waals surface area (Å²) in [5.74, 6) is -0.224. The highest BCUT2D eigenvalue weighted by molar-refractivity contribution is 7.99. The van der Waals surface area contributed by atoms with Gasteiger partial charge in [-0.1, -0.05) is 44.1 Å². The third kappa shape index (κ3) is 6.00. The monoisotopic (exact) mass is 433 g/mol. The van der Waals surface area contributed by atoms with Crippen molar-refractivity contribution in [1.29, 1.82) is 0 Å². The topological polar surface area (TPSA) is 64.1 Å². The molecular formula is C18H19ClF3N3O2S. The lowest BCUT2D eigenvalue weighted by molar-refractivity contribution is -0.141. The van der Waals surface area contributed by atoms with Crippen LogP contribution in [-0.4, -0.2) is 28.7 Å². The molecule has 1 amide bonds. The number of alkyl halides is 3. The van der Waals surface area contributed by atoms with Crippen molar-refractivity contribution in [2.45, 2.75) is 37.5 Å². The minimum absolute atomic E-state index is 0.118. The summed E-state index contributed by atoms with van der Waals surface area (Å²) in [7, 11) is 1.44. The van der Waals surface area contributed by atoms with Gasteiger partial charge < -0.3 is 10.1 Å². The SMILES string of the molecule is COc1ccc(Cl)cc1NC(=O)CSc1nc(C(C)(C)C)cc(C(F)(F)F)n1. The van der Waals surface area contributed by atoms with Gasteiger partial charge in [-0.2, -0.15) is 13.2 Å². The fourth-order valence-electron chi connectivity index (χ4n) is 2.11. The molecule has 0 aliphatic carbocycles. The molecule has 2 rings (SSSR count). The van der Waals surface area contributed by atoms with Gasteiger partial charge >= 0.3 is 6.18 Å². The summed E-state index contributed by atoms with van der Waals surface area (Å²) in [6, 6.07) is 5.65. The predicted octanol–water partition coefficient (Wildman–Crippen LogP) is 5.19. The van der Waals surface area contributed by atoms with Crippen LogP contribution in [0, 0.1) is 0 Å². The third-order valence-electron chi connectivity index (χ3n) is 3.53. The number of nitrogens with one attached hydrogen (secondary N) is 1. The average molecular weight is 434 g/mol. The van der Waals surface area contributed by atoms with Crippen molar-refractivity contribution in [2.75, 3.05) is 18.2 Å². The third-order valence-corrected chi connectivity index (χ3v) is 4.61. The summed E-state index contributed by atoms with van der Waals surface area (Å²) < 4.78 is 44.6. The van der Waals surface area contributed by atoms with Gasteiger partial charge in [-0.3, -0.25) is 4.79 Å². The molecule has 10 heteroatoms. The van der Waals surface area contributed by atoms with E-state index in [0.717, 1.165) is 17.8 Å². The maximum atomic E-state index is 13.1. The molecule has 0 radical (unpaired) electrons. The van der Waals surface area contributed by atoms with Crippen LogP contribution in [0.5, 0.6) is 5.75 Å². The Morgan fingerprint density at radius 2 is 1.82 bits per heavy atom. The molecule has 0 aliphatic rings. The number of hydrogen-bond donors (Lipinski definition) is 1. The maximum Gasteiger partial charge on any atom is 0.433 e. The van der Waals surface area contributed by atoms with Crippen LogP contribution in [0.2, 0.25) is 5.02 Å². The fraction of sp³-hybridized carbons (Fsp3) is 0.389. The van der Waals surface area contributed by atoms with E-state index in [2.05, 4.69) is 15.3 Å². The molecule has 0 saturated heterocycles. The molecule has 5 nitrogen and oxygen atoms in total. The Balaban J connectivity index is 2.17. The molecule has 0 bridgehead atoms. The number of methoxy groups -OCH3 is 1. The lowest BCUT2D eigenvalue weighted by Crippen LogP contribution is -2.19. The number of nitrogens with zero attached hydrogens (tertiary/aromatic N) is 2. The zero-order valence-corrected chi connectivity index (χ0v) is 17.2. The first-order valence-electron chi connectivity index (χ1n) is 8.13. The molecule has 1 aromatic carbocycles. The van der Waals surface area contributed by atoms with Crippen LogP contribution in [0.15, 0.2) is 29.4 Å². The number of thioether (sulfide) groups is 1. The van der Waals surface area contributed by atoms with Crippen LogP contribution in [0.1, 0.15) is 32.2 Å². The van der Waals surface area contributed by atoms with Gasteiger partial charge in [0.1, 0.15) is 11.4 Å². The van der Waals surface area contributed by atoms with Crippen molar-refractivity contribution >= 4 is 35.0 Å². The first-order chi connectivity index (χ1) is 12.9. The van der Waals surface area contributed by atoms with Crippen LogP contribution < -0.4 is 10.1 Å². The van der Waals surface area contributed by atoms with E-state index in [0.29, 0.717) is 16.5 Å². The van der Waals surface area contributed by atoms with E-state index in [4.69, 9.17) is 16.3 Å². The fourth-order valence-corrected chi connectivity index (χ4v) is 2.94. The van der Waals surface area contributed by atoms with Crippen molar-refractivity contribution in [3.05, 3.63) is 40.7 Å². The standard InChI is InChI=1S/C18H19ClF3N3O2S/c1-17(2,3)13-8-14(18(20,21)22)25-16(24-13)28-9-15(26)23-11-7-10(19)5-6-12(11)27-4/h5-8H,9H2,1-4H3,(H,23,26).